The van der Waals surface area contributed by atoms with Gasteiger partial charge in [0.15, 0.2) is 0 Å². The summed E-state index contributed by atoms with van der Waals surface area (Å²) < 4.78 is 10.2. The van der Waals surface area contributed by atoms with Gasteiger partial charge in [-0.05, 0) is 57.9 Å². The maximum Gasteiger partial charge on any atom is 0.408 e. The highest BCUT2D eigenvalue weighted by Crippen LogP contribution is 2.15. The van der Waals surface area contributed by atoms with Crippen LogP contribution in [-0.4, -0.2) is 36.2 Å². The van der Waals surface area contributed by atoms with Crippen molar-refractivity contribution in [2.45, 2.75) is 59.6 Å². The van der Waals surface area contributed by atoms with Gasteiger partial charge in [0, 0.05) is 5.69 Å². The minimum absolute atomic E-state index is 0.0867. The zero-order chi connectivity index (χ0) is 20.6. The minimum atomic E-state index is -0.741. The van der Waals surface area contributed by atoms with Crippen LogP contribution in [0.2, 0.25) is 0 Å². The summed E-state index contributed by atoms with van der Waals surface area (Å²) in [7, 11) is 0. The molecule has 0 fully saturated rings. The summed E-state index contributed by atoms with van der Waals surface area (Å²) in [6, 6.07) is 5.64. The third-order valence-electron chi connectivity index (χ3n) is 3.83. The molecule has 1 rings (SSSR count). The Kier molecular flexibility index (Phi) is 8.28. The average Bonchev–Trinajstić information content (AvgIpc) is 2.58. The van der Waals surface area contributed by atoms with Crippen molar-refractivity contribution in [1.29, 1.82) is 0 Å². The summed E-state index contributed by atoms with van der Waals surface area (Å²) in [6.45, 7) is 11.1. The number of benzene rings is 1. The van der Waals surface area contributed by atoms with Gasteiger partial charge in [-0.3, -0.25) is 4.79 Å². The quantitative estimate of drug-likeness (QED) is 0.705. The lowest BCUT2D eigenvalue weighted by Crippen LogP contribution is -2.49. The van der Waals surface area contributed by atoms with Gasteiger partial charge in [-0.1, -0.05) is 20.3 Å². The molecule has 2 N–H and O–H groups in total. The Morgan fingerprint density at radius 3 is 2.15 bits per heavy atom. The number of carbonyl (C=O) groups is 3. The zero-order valence-electron chi connectivity index (χ0n) is 16.9. The van der Waals surface area contributed by atoms with Gasteiger partial charge in [-0.25, -0.2) is 9.59 Å². The molecule has 0 bridgehead atoms. The van der Waals surface area contributed by atoms with Crippen molar-refractivity contribution in [3.05, 3.63) is 29.8 Å². The van der Waals surface area contributed by atoms with E-state index in [0.717, 1.165) is 0 Å². The van der Waals surface area contributed by atoms with Gasteiger partial charge in [0.1, 0.15) is 11.6 Å². The molecule has 2 amide bonds. The second-order valence-corrected chi connectivity index (χ2v) is 7.30. The molecule has 150 valence electrons. The van der Waals surface area contributed by atoms with Gasteiger partial charge in [0.2, 0.25) is 5.91 Å². The number of hydrogen-bond donors (Lipinski definition) is 2. The van der Waals surface area contributed by atoms with Crippen LogP contribution in [0.15, 0.2) is 24.3 Å². The van der Waals surface area contributed by atoms with Gasteiger partial charge in [0.25, 0.3) is 0 Å². The van der Waals surface area contributed by atoms with Crippen LogP contribution in [0.5, 0.6) is 0 Å². The molecular weight excluding hydrogens is 348 g/mol. The summed E-state index contributed by atoms with van der Waals surface area (Å²) >= 11 is 0. The van der Waals surface area contributed by atoms with Gasteiger partial charge in [-0.2, -0.15) is 0 Å². The molecule has 0 radical (unpaired) electrons. The monoisotopic (exact) mass is 378 g/mol. The van der Waals surface area contributed by atoms with Crippen molar-refractivity contribution in [3.8, 4) is 0 Å². The van der Waals surface area contributed by atoms with E-state index in [0.29, 0.717) is 24.3 Å². The van der Waals surface area contributed by atoms with E-state index in [1.165, 1.54) is 0 Å². The highest BCUT2D eigenvalue weighted by Gasteiger charge is 2.28. The Hall–Kier alpha value is -2.57. The molecule has 7 heteroatoms. The van der Waals surface area contributed by atoms with E-state index < -0.39 is 23.7 Å². The van der Waals surface area contributed by atoms with Crippen LogP contribution in [0.3, 0.4) is 0 Å². The molecule has 0 saturated carbocycles. The van der Waals surface area contributed by atoms with Gasteiger partial charge < -0.3 is 20.1 Å². The number of anilines is 1. The van der Waals surface area contributed by atoms with Crippen molar-refractivity contribution >= 4 is 23.7 Å². The molecule has 27 heavy (non-hydrogen) atoms. The number of esters is 1. The standard InChI is InChI=1S/C20H30N2O5/c1-7-13(3)16(22-19(25)27-20(4,5)6)17(23)21-15-11-9-14(10-12-15)18(24)26-8-2/h9-13,16H,7-8H2,1-6H3,(H,21,23)(H,22,25). The molecule has 2 atom stereocenters. The normalized spacial score (nSPS) is 13.3. The lowest BCUT2D eigenvalue weighted by molar-refractivity contribution is -0.119. The van der Waals surface area contributed by atoms with Crippen LogP contribution in [0.1, 0.15) is 58.3 Å². The Morgan fingerprint density at radius 1 is 1.07 bits per heavy atom. The molecule has 1 aromatic rings. The molecule has 7 nitrogen and oxygen atoms in total. The number of nitrogens with one attached hydrogen (secondary N) is 2. The summed E-state index contributed by atoms with van der Waals surface area (Å²) in [6.07, 6.45) is 0.0657. The minimum Gasteiger partial charge on any atom is -0.462 e. The zero-order valence-corrected chi connectivity index (χ0v) is 16.9. The first-order valence-electron chi connectivity index (χ1n) is 9.15. The Bertz CT molecular complexity index is 649. The number of rotatable bonds is 7. The van der Waals surface area contributed by atoms with Crippen LogP contribution >= 0.6 is 0 Å². The van der Waals surface area contributed by atoms with E-state index in [1.54, 1.807) is 52.0 Å². The Labute approximate surface area is 160 Å². The second kappa shape index (κ2) is 9.94. The molecule has 0 saturated heterocycles. The van der Waals surface area contributed by atoms with E-state index in [9.17, 15) is 14.4 Å². The highest BCUT2D eigenvalue weighted by molar-refractivity contribution is 5.97. The maximum absolute atomic E-state index is 12.7. The summed E-state index contributed by atoms with van der Waals surface area (Å²) in [5, 5.41) is 5.41. The second-order valence-electron chi connectivity index (χ2n) is 7.30. The summed E-state index contributed by atoms with van der Waals surface area (Å²) in [5.41, 5.74) is 0.274. The van der Waals surface area contributed by atoms with Crippen molar-refractivity contribution in [2.24, 2.45) is 5.92 Å². The number of amides is 2. The lowest BCUT2D eigenvalue weighted by Gasteiger charge is -2.26. The third kappa shape index (κ3) is 7.68. The highest BCUT2D eigenvalue weighted by atomic mass is 16.6. The van der Waals surface area contributed by atoms with Crippen LogP contribution in [0, 0.1) is 5.92 Å². The topological polar surface area (TPSA) is 93.7 Å². The Morgan fingerprint density at radius 2 is 1.67 bits per heavy atom. The van der Waals surface area contributed by atoms with E-state index in [2.05, 4.69) is 10.6 Å². The van der Waals surface area contributed by atoms with Crippen molar-refractivity contribution < 1.29 is 23.9 Å². The van der Waals surface area contributed by atoms with Crippen molar-refractivity contribution in [3.63, 3.8) is 0 Å². The molecular formula is C20H30N2O5. The van der Waals surface area contributed by atoms with E-state index in [-0.39, 0.29) is 11.8 Å². The largest absolute Gasteiger partial charge is 0.462 e. The predicted octanol–water partition coefficient (Wildman–Crippen LogP) is 3.74. The first-order valence-corrected chi connectivity index (χ1v) is 9.15. The van der Waals surface area contributed by atoms with Gasteiger partial charge in [0.05, 0.1) is 12.2 Å². The fourth-order valence-corrected chi connectivity index (χ4v) is 2.26. The summed E-state index contributed by atoms with van der Waals surface area (Å²) in [4.78, 5) is 36.4. The van der Waals surface area contributed by atoms with Crippen LogP contribution in [0.4, 0.5) is 10.5 Å². The van der Waals surface area contributed by atoms with Gasteiger partial charge >= 0.3 is 12.1 Å². The molecule has 0 aromatic heterocycles. The van der Waals surface area contributed by atoms with Gasteiger partial charge in [-0.15, -0.1) is 0 Å². The van der Waals surface area contributed by atoms with Crippen LogP contribution < -0.4 is 10.6 Å². The maximum atomic E-state index is 12.7. The molecule has 2 unspecified atom stereocenters. The average molecular weight is 378 g/mol. The fourth-order valence-electron chi connectivity index (χ4n) is 2.26. The molecule has 0 spiro atoms. The number of carbonyl (C=O) groups excluding carboxylic acids is 3. The Balaban J connectivity index is 2.81. The molecule has 0 aliphatic carbocycles. The molecule has 1 aromatic carbocycles. The third-order valence-corrected chi connectivity index (χ3v) is 3.83. The smallest absolute Gasteiger partial charge is 0.408 e. The molecule has 0 aliphatic rings. The first kappa shape index (κ1) is 22.5. The number of hydrogen-bond acceptors (Lipinski definition) is 5. The first-order chi connectivity index (χ1) is 12.6. The van der Waals surface area contributed by atoms with E-state index >= 15 is 0 Å². The molecule has 0 aliphatic heterocycles. The summed E-state index contributed by atoms with van der Waals surface area (Å²) in [5.74, 6) is -0.852. The van der Waals surface area contributed by atoms with Crippen molar-refractivity contribution in [1.82, 2.24) is 5.32 Å². The lowest BCUT2D eigenvalue weighted by atomic mass is 9.98. The molecule has 0 heterocycles. The van der Waals surface area contributed by atoms with E-state index in [1.807, 2.05) is 13.8 Å². The number of alkyl carbamates (subject to hydrolysis) is 1. The SMILES string of the molecule is CCOC(=O)c1ccc(NC(=O)C(NC(=O)OC(C)(C)C)C(C)CC)cc1. The van der Waals surface area contributed by atoms with Crippen molar-refractivity contribution in [2.75, 3.05) is 11.9 Å². The van der Waals surface area contributed by atoms with Crippen LogP contribution in [0.25, 0.3) is 0 Å². The fraction of sp³-hybridized carbons (Fsp3) is 0.550. The predicted molar refractivity (Wildman–Crippen MR) is 104 cm³/mol. The van der Waals surface area contributed by atoms with E-state index in [4.69, 9.17) is 9.47 Å². The number of ether oxygens (including phenoxy) is 2. The van der Waals surface area contributed by atoms with Crippen LogP contribution in [-0.2, 0) is 14.3 Å².